The minimum Gasteiger partial charge on any atom is -0.340 e. The molecule has 0 unspecified atom stereocenters. The Morgan fingerprint density at radius 3 is 2.61 bits per heavy atom. The number of nitrogens with one attached hydrogen (secondary N) is 2. The van der Waals surface area contributed by atoms with Crippen molar-refractivity contribution in [2.24, 2.45) is 0 Å². The van der Waals surface area contributed by atoms with Crippen LogP contribution in [-0.4, -0.2) is 23.3 Å². The van der Waals surface area contributed by atoms with Gasteiger partial charge in [0.2, 0.25) is 5.91 Å². The van der Waals surface area contributed by atoms with Gasteiger partial charge < -0.3 is 15.5 Å². The van der Waals surface area contributed by atoms with Crippen molar-refractivity contribution in [1.29, 1.82) is 0 Å². The van der Waals surface area contributed by atoms with E-state index < -0.39 is 0 Å². The first-order valence-corrected chi connectivity index (χ1v) is 9.11. The van der Waals surface area contributed by atoms with E-state index in [-0.39, 0.29) is 11.8 Å². The third kappa shape index (κ3) is 3.71. The van der Waals surface area contributed by atoms with Gasteiger partial charge in [0.05, 0.1) is 5.56 Å². The van der Waals surface area contributed by atoms with Crippen LogP contribution in [-0.2, 0) is 11.2 Å². The van der Waals surface area contributed by atoms with Gasteiger partial charge in [-0.3, -0.25) is 9.59 Å². The van der Waals surface area contributed by atoms with Gasteiger partial charge in [-0.1, -0.05) is 24.3 Å². The van der Waals surface area contributed by atoms with E-state index in [1.165, 1.54) is 12.5 Å². The molecule has 0 atom stereocenters. The fourth-order valence-electron chi connectivity index (χ4n) is 3.33. The Labute approximate surface area is 163 Å². The van der Waals surface area contributed by atoms with Gasteiger partial charge in [0.1, 0.15) is 5.82 Å². The summed E-state index contributed by atoms with van der Waals surface area (Å²) >= 11 is 0. The van der Waals surface area contributed by atoms with Gasteiger partial charge in [-0.15, -0.1) is 0 Å². The number of para-hydroxylation sites is 1. The summed E-state index contributed by atoms with van der Waals surface area (Å²) in [5.41, 5.74) is 4.23. The van der Waals surface area contributed by atoms with Gasteiger partial charge in [0.25, 0.3) is 5.91 Å². The molecule has 2 N–H and O–H groups in total. The molecule has 1 aromatic heterocycles. The number of fused-ring (bicyclic) bond motifs is 1. The predicted octanol–water partition coefficient (Wildman–Crippen LogP) is 3.99. The SMILES string of the molecule is CC(=O)Nc1cccc(Nc2ccc(C(=O)N3CCc4ccccc43)cn2)c1. The van der Waals surface area contributed by atoms with Crippen LogP contribution in [0.5, 0.6) is 0 Å². The zero-order valence-electron chi connectivity index (χ0n) is 15.5. The van der Waals surface area contributed by atoms with Gasteiger partial charge in [-0.2, -0.15) is 0 Å². The molecule has 28 heavy (non-hydrogen) atoms. The number of pyridine rings is 1. The second-order valence-electron chi connectivity index (χ2n) is 6.65. The van der Waals surface area contributed by atoms with E-state index in [0.717, 1.165) is 17.8 Å². The number of carbonyl (C=O) groups is 2. The zero-order valence-corrected chi connectivity index (χ0v) is 15.5. The van der Waals surface area contributed by atoms with E-state index in [0.29, 0.717) is 23.6 Å². The quantitative estimate of drug-likeness (QED) is 0.726. The maximum atomic E-state index is 12.9. The summed E-state index contributed by atoms with van der Waals surface area (Å²) < 4.78 is 0. The van der Waals surface area contributed by atoms with Crippen LogP contribution in [0.25, 0.3) is 0 Å². The van der Waals surface area contributed by atoms with Crippen molar-refractivity contribution in [3.8, 4) is 0 Å². The normalized spacial score (nSPS) is 12.4. The van der Waals surface area contributed by atoms with Crippen LogP contribution in [0.15, 0.2) is 66.9 Å². The molecule has 0 bridgehead atoms. The van der Waals surface area contributed by atoms with E-state index >= 15 is 0 Å². The monoisotopic (exact) mass is 372 g/mol. The molecule has 6 nitrogen and oxygen atoms in total. The second-order valence-corrected chi connectivity index (χ2v) is 6.65. The van der Waals surface area contributed by atoms with E-state index in [9.17, 15) is 9.59 Å². The summed E-state index contributed by atoms with van der Waals surface area (Å²) in [7, 11) is 0. The molecule has 0 saturated carbocycles. The summed E-state index contributed by atoms with van der Waals surface area (Å²) in [6, 6.07) is 18.9. The Kier molecular flexibility index (Phi) is 4.76. The summed E-state index contributed by atoms with van der Waals surface area (Å²) in [6.45, 7) is 2.16. The molecule has 3 aromatic rings. The highest BCUT2D eigenvalue weighted by atomic mass is 16.2. The molecule has 0 spiro atoms. The van der Waals surface area contributed by atoms with Crippen LogP contribution < -0.4 is 15.5 Å². The molecule has 4 rings (SSSR count). The maximum Gasteiger partial charge on any atom is 0.259 e. The van der Waals surface area contributed by atoms with Crippen LogP contribution in [0.2, 0.25) is 0 Å². The summed E-state index contributed by atoms with van der Waals surface area (Å²) in [6.07, 6.45) is 2.46. The van der Waals surface area contributed by atoms with E-state index in [1.54, 1.807) is 23.2 Å². The lowest BCUT2D eigenvalue weighted by Gasteiger charge is -2.17. The predicted molar refractivity (Wildman–Crippen MR) is 110 cm³/mol. The zero-order chi connectivity index (χ0) is 19.5. The lowest BCUT2D eigenvalue weighted by atomic mass is 10.2. The number of hydrogen-bond acceptors (Lipinski definition) is 4. The number of carbonyl (C=O) groups excluding carboxylic acids is 2. The highest BCUT2D eigenvalue weighted by Crippen LogP contribution is 2.29. The number of nitrogens with zero attached hydrogens (tertiary/aromatic N) is 2. The molecular formula is C22H20N4O2. The molecular weight excluding hydrogens is 352 g/mol. The van der Waals surface area contributed by atoms with Crippen molar-refractivity contribution in [3.63, 3.8) is 0 Å². The Balaban J connectivity index is 1.47. The van der Waals surface area contributed by atoms with Crippen molar-refractivity contribution in [2.45, 2.75) is 13.3 Å². The van der Waals surface area contributed by atoms with Crippen LogP contribution in [0.3, 0.4) is 0 Å². The van der Waals surface area contributed by atoms with Gasteiger partial charge >= 0.3 is 0 Å². The number of hydrogen-bond donors (Lipinski definition) is 2. The van der Waals surface area contributed by atoms with E-state index in [4.69, 9.17) is 0 Å². The molecule has 0 aliphatic carbocycles. The second kappa shape index (κ2) is 7.52. The Morgan fingerprint density at radius 2 is 1.82 bits per heavy atom. The average molecular weight is 372 g/mol. The average Bonchev–Trinajstić information content (AvgIpc) is 3.12. The van der Waals surface area contributed by atoms with Crippen molar-refractivity contribution < 1.29 is 9.59 Å². The first-order valence-electron chi connectivity index (χ1n) is 9.11. The largest absolute Gasteiger partial charge is 0.340 e. The summed E-state index contributed by atoms with van der Waals surface area (Å²) in [5, 5.41) is 5.93. The number of aromatic nitrogens is 1. The summed E-state index contributed by atoms with van der Waals surface area (Å²) in [4.78, 5) is 30.2. The van der Waals surface area contributed by atoms with Gasteiger partial charge in [-0.25, -0.2) is 4.98 Å². The molecule has 0 fully saturated rings. The standard InChI is InChI=1S/C22H20N4O2/c1-15(27)24-18-6-4-7-19(13-18)25-21-10-9-17(14-23-21)22(28)26-12-11-16-5-2-3-8-20(16)26/h2-10,13-14H,11-12H2,1H3,(H,23,25)(H,24,27). The lowest BCUT2D eigenvalue weighted by molar-refractivity contribution is -0.114. The third-order valence-corrected chi connectivity index (χ3v) is 4.60. The number of rotatable bonds is 4. The van der Waals surface area contributed by atoms with Gasteiger partial charge in [0, 0.05) is 36.7 Å². The lowest BCUT2D eigenvalue weighted by Crippen LogP contribution is -2.28. The fourth-order valence-corrected chi connectivity index (χ4v) is 3.33. The van der Waals surface area contributed by atoms with Gasteiger partial charge in [-0.05, 0) is 48.4 Å². The van der Waals surface area contributed by atoms with Crippen LogP contribution in [0, 0.1) is 0 Å². The Bertz CT molecular complexity index is 1030. The molecule has 0 saturated heterocycles. The molecule has 6 heteroatoms. The fraction of sp³-hybridized carbons (Fsp3) is 0.136. The molecule has 1 aliphatic rings. The van der Waals surface area contributed by atoms with Crippen LogP contribution in [0.1, 0.15) is 22.8 Å². The van der Waals surface area contributed by atoms with Crippen LogP contribution in [0.4, 0.5) is 22.9 Å². The summed E-state index contributed by atoms with van der Waals surface area (Å²) in [5.74, 6) is 0.455. The molecule has 2 amide bonds. The topological polar surface area (TPSA) is 74.3 Å². The number of amides is 2. The molecule has 140 valence electrons. The first kappa shape index (κ1) is 17.7. The minimum atomic E-state index is -0.123. The van der Waals surface area contributed by atoms with Crippen molar-refractivity contribution in [3.05, 3.63) is 78.0 Å². The highest BCUT2D eigenvalue weighted by Gasteiger charge is 2.25. The molecule has 1 aliphatic heterocycles. The first-order chi connectivity index (χ1) is 13.6. The maximum absolute atomic E-state index is 12.9. The Hall–Kier alpha value is -3.67. The van der Waals surface area contributed by atoms with E-state index in [2.05, 4.69) is 21.7 Å². The molecule has 2 heterocycles. The van der Waals surface area contributed by atoms with Crippen molar-refractivity contribution in [2.75, 3.05) is 22.1 Å². The highest BCUT2D eigenvalue weighted by molar-refractivity contribution is 6.07. The smallest absolute Gasteiger partial charge is 0.259 e. The van der Waals surface area contributed by atoms with Crippen molar-refractivity contribution >= 4 is 34.7 Å². The molecule has 2 aromatic carbocycles. The van der Waals surface area contributed by atoms with E-state index in [1.807, 2.05) is 42.5 Å². The molecule has 0 radical (unpaired) electrons. The number of anilines is 4. The van der Waals surface area contributed by atoms with Crippen LogP contribution >= 0.6 is 0 Å². The minimum absolute atomic E-state index is 0.0448. The number of benzene rings is 2. The van der Waals surface area contributed by atoms with Crippen molar-refractivity contribution in [1.82, 2.24) is 4.98 Å². The third-order valence-electron chi connectivity index (χ3n) is 4.60. The Morgan fingerprint density at radius 1 is 1.00 bits per heavy atom. The van der Waals surface area contributed by atoms with Gasteiger partial charge in [0.15, 0.2) is 0 Å².